The Hall–Kier alpha value is -2.55. The summed E-state index contributed by atoms with van der Waals surface area (Å²) in [6.07, 6.45) is 5.87. The van der Waals surface area contributed by atoms with Gasteiger partial charge < -0.3 is 9.88 Å². The minimum atomic E-state index is 0.179. The second kappa shape index (κ2) is 6.99. The number of nitrogens with one attached hydrogen (secondary N) is 1. The van der Waals surface area contributed by atoms with Gasteiger partial charge in [-0.2, -0.15) is 0 Å². The van der Waals surface area contributed by atoms with E-state index in [4.69, 9.17) is 0 Å². The van der Waals surface area contributed by atoms with E-state index in [1.165, 1.54) is 33.2 Å². The molecule has 1 heterocycles. The Morgan fingerprint density at radius 2 is 1.92 bits per heavy atom. The lowest BCUT2D eigenvalue weighted by molar-refractivity contribution is -0.121. The highest BCUT2D eigenvalue weighted by molar-refractivity contribution is 5.85. The van der Waals surface area contributed by atoms with Gasteiger partial charge in [0.15, 0.2) is 0 Å². The van der Waals surface area contributed by atoms with E-state index in [9.17, 15) is 4.79 Å². The highest BCUT2D eigenvalue weighted by atomic mass is 16.1. The highest BCUT2D eigenvalue weighted by Crippen LogP contribution is 2.25. The van der Waals surface area contributed by atoms with Gasteiger partial charge in [-0.05, 0) is 55.9 Å². The molecule has 1 N–H and O–H groups in total. The van der Waals surface area contributed by atoms with Crippen LogP contribution in [-0.4, -0.2) is 16.5 Å². The molecule has 134 valence electrons. The predicted octanol–water partition coefficient (Wildman–Crippen LogP) is 4.52. The van der Waals surface area contributed by atoms with E-state index in [0.29, 0.717) is 12.5 Å². The van der Waals surface area contributed by atoms with Gasteiger partial charge >= 0.3 is 0 Å². The van der Waals surface area contributed by atoms with Crippen molar-refractivity contribution in [1.29, 1.82) is 0 Å². The van der Waals surface area contributed by atoms with E-state index in [-0.39, 0.29) is 5.91 Å². The highest BCUT2D eigenvalue weighted by Gasteiger charge is 2.23. The van der Waals surface area contributed by atoms with Gasteiger partial charge in [-0.25, -0.2) is 0 Å². The monoisotopic (exact) mass is 346 g/mol. The lowest BCUT2D eigenvalue weighted by atomic mass is 10.1. The topological polar surface area (TPSA) is 34.0 Å². The Morgan fingerprint density at radius 3 is 2.73 bits per heavy atom. The summed E-state index contributed by atoms with van der Waals surface area (Å²) in [6.45, 7) is 5.17. The minimum Gasteiger partial charge on any atom is -0.353 e. The molecule has 1 aliphatic carbocycles. The number of hydrogen-bond acceptors (Lipinski definition) is 1. The van der Waals surface area contributed by atoms with Crippen LogP contribution in [0.5, 0.6) is 0 Å². The number of carbonyl (C=O) groups is 1. The fraction of sp³-hybridized carbons (Fsp3) is 0.348. The molecule has 1 fully saturated rings. The number of aryl methyl sites for hydroxylation is 3. The molecule has 0 saturated heterocycles. The maximum Gasteiger partial charge on any atom is 0.220 e. The lowest BCUT2D eigenvalue weighted by Crippen LogP contribution is -2.25. The summed E-state index contributed by atoms with van der Waals surface area (Å²) in [4.78, 5) is 12.1. The van der Waals surface area contributed by atoms with Crippen molar-refractivity contribution in [3.05, 3.63) is 70.9 Å². The van der Waals surface area contributed by atoms with E-state index >= 15 is 0 Å². The average Bonchev–Trinajstić information content (AvgIpc) is 3.38. The van der Waals surface area contributed by atoms with Gasteiger partial charge in [0.25, 0.3) is 0 Å². The van der Waals surface area contributed by atoms with Crippen LogP contribution in [0, 0.1) is 13.8 Å². The molecule has 1 amide bonds. The first-order chi connectivity index (χ1) is 12.6. The Balaban J connectivity index is 1.58. The molecule has 26 heavy (non-hydrogen) atoms. The Bertz CT molecular complexity index is 950. The molecule has 3 nitrogen and oxygen atoms in total. The first kappa shape index (κ1) is 16.9. The van der Waals surface area contributed by atoms with Crippen LogP contribution in [0.15, 0.2) is 48.7 Å². The van der Waals surface area contributed by atoms with Crippen LogP contribution in [0.4, 0.5) is 0 Å². The van der Waals surface area contributed by atoms with Gasteiger partial charge in [0.1, 0.15) is 0 Å². The van der Waals surface area contributed by atoms with E-state index in [2.05, 4.69) is 72.4 Å². The van der Waals surface area contributed by atoms with Gasteiger partial charge in [-0.1, -0.05) is 42.0 Å². The molecule has 3 aromatic rings. The molecule has 0 spiro atoms. The molecular formula is C23H26N2O. The van der Waals surface area contributed by atoms with Crippen molar-refractivity contribution in [1.82, 2.24) is 9.88 Å². The zero-order chi connectivity index (χ0) is 18.1. The molecule has 0 radical (unpaired) electrons. The summed E-state index contributed by atoms with van der Waals surface area (Å²) in [5.74, 6) is 0.179. The fourth-order valence-corrected chi connectivity index (χ4v) is 3.58. The maximum atomic E-state index is 12.1. The van der Waals surface area contributed by atoms with Crippen LogP contribution in [-0.2, 0) is 17.8 Å². The number of hydrogen-bond donors (Lipinski definition) is 1. The average molecular weight is 346 g/mol. The zero-order valence-electron chi connectivity index (χ0n) is 15.6. The van der Waals surface area contributed by atoms with Crippen LogP contribution in [0.2, 0.25) is 0 Å². The van der Waals surface area contributed by atoms with E-state index in [0.717, 1.165) is 25.8 Å². The van der Waals surface area contributed by atoms with Crippen molar-refractivity contribution >= 4 is 16.8 Å². The predicted molar refractivity (Wildman–Crippen MR) is 106 cm³/mol. The third-order valence-corrected chi connectivity index (χ3v) is 5.28. The number of amides is 1. The molecule has 4 rings (SSSR count). The Morgan fingerprint density at radius 1 is 1.12 bits per heavy atom. The largest absolute Gasteiger partial charge is 0.353 e. The summed E-state index contributed by atoms with van der Waals surface area (Å²) in [5, 5.41) is 4.35. The molecule has 0 unspecified atom stereocenters. The van der Waals surface area contributed by atoms with E-state index in [1.54, 1.807) is 0 Å². The van der Waals surface area contributed by atoms with E-state index in [1.807, 2.05) is 0 Å². The van der Waals surface area contributed by atoms with Crippen molar-refractivity contribution in [2.24, 2.45) is 0 Å². The van der Waals surface area contributed by atoms with Crippen molar-refractivity contribution in [3.63, 3.8) is 0 Å². The van der Waals surface area contributed by atoms with E-state index < -0.39 is 0 Å². The first-order valence-electron chi connectivity index (χ1n) is 9.52. The minimum absolute atomic E-state index is 0.179. The van der Waals surface area contributed by atoms with Gasteiger partial charge in [0.05, 0.1) is 0 Å². The fourth-order valence-electron chi connectivity index (χ4n) is 3.58. The van der Waals surface area contributed by atoms with Crippen LogP contribution in [0.1, 0.15) is 41.5 Å². The normalized spacial score (nSPS) is 13.9. The molecule has 3 heteroatoms. The zero-order valence-corrected chi connectivity index (χ0v) is 15.6. The standard InChI is InChI=1S/C23H26N2O/c1-16-7-8-17(2)19(13-16)15-25-14-18(21-5-3-4-6-22(21)25)9-12-23(26)24-20-10-11-20/h3-8,13-14,20H,9-12,15H2,1-2H3,(H,24,26). The van der Waals surface area contributed by atoms with Gasteiger partial charge in [0, 0.05) is 36.1 Å². The number of carbonyl (C=O) groups excluding carboxylic acids is 1. The second-order valence-corrected chi connectivity index (χ2v) is 7.57. The lowest BCUT2D eigenvalue weighted by Gasteiger charge is -2.09. The number of nitrogens with zero attached hydrogens (tertiary/aromatic N) is 1. The Kier molecular flexibility index (Phi) is 4.54. The van der Waals surface area contributed by atoms with Gasteiger partial charge in [-0.15, -0.1) is 0 Å². The van der Waals surface area contributed by atoms with Gasteiger partial charge in [0.2, 0.25) is 5.91 Å². The van der Waals surface area contributed by atoms with Crippen molar-refractivity contribution in [2.45, 2.75) is 52.1 Å². The van der Waals surface area contributed by atoms with Gasteiger partial charge in [-0.3, -0.25) is 4.79 Å². The number of para-hydroxylation sites is 1. The third-order valence-electron chi connectivity index (χ3n) is 5.28. The first-order valence-corrected chi connectivity index (χ1v) is 9.52. The van der Waals surface area contributed by atoms with Crippen molar-refractivity contribution < 1.29 is 4.79 Å². The molecule has 1 saturated carbocycles. The summed E-state index contributed by atoms with van der Waals surface area (Å²) < 4.78 is 2.32. The summed E-state index contributed by atoms with van der Waals surface area (Å²) in [5.41, 5.74) is 6.46. The van der Waals surface area contributed by atoms with Crippen molar-refractivity contribution in [2.75, 3.05) is 0 Å². The third kappa shape index (κ3) is 3.67. The van der Waals surface area contributed by atoms with Crippen LogP contribution in [0.3, 0.4) is 0 Å². The second-order valence-electron chi connectivity index (χ2n) is 7.57. The molecular weight excluding hydrogens is 320 g/mol. The van der Waals surface area contributed by atoms with Crippen LogP contribution in [0.25, 0.3) is 10.9 Å². The summed E-state index contributed by atoms with van der Waals surface area (Å²) in [7, 11) is 0. The number of aromatic nitrogens is 1. The SMILES string of the molecule is Cc1ccc(C)c(Cn2cc(CCC(=O)NC3CC3)c3ccccc32)c1. The molecule has 1 aromatic heterocycles. The van der Waals surface area contributed by atoms with Crippen molar-refractivity contribution in [3.8, 4) is 0 Å². The summed E-state index contributed by atoms with van der Waals surface area (Å²) in [6, 6.07) is 15.6. The van der Waals surface area contributed by atoms with Crippen LogP contribution >= 0.6 is 0 Å². The smallest absolute Gasteiger partial charge is 0.220 e. The number of benzene rings is 2. The number of fused-ring (bicyclic) bond motifs is 1. The van der Waals surface area contributed by atoms with Crippen LogP contribution < -0.4 is 5.32 Å². The number of rotatable bonds is 6. The molecule has 0 atom stereocenters. The molecule has 1 aliphatic rings. The maximum absolute atomic E-state index is 12.1. The molecule has 0 aliphatic heterocycles. The molecule has 2 aromatic carbocycles. The Labute approximate surface area is 155 Å². The summed E-state index contributed by atoms with van der Waals surface area (Å²) >= 11 is 0. The molecule has 0 bridgehead atoms. The quantitative estimate of drug-likeness (QED) is 0.700.